The third kappa shape index (κ3) is 7.37. The molecule has 0 unspecified atom stereocenters. The third-order valence-electron chi connectivity index (χ3n) is 8.38. The Balaban J connectivity index is 1.24. The number of carboxylic acids is 1. The van der Waals surface area contributed by atoms with E-state index >= 15 is 0 Å². The molecule has 47 heavy (non-hydrogen) atoms. The fourth-order valence-electron chi connectivity index (χ4n) is 5.35. The van der Waals surface area contributed by atoms with Crippen molar-refractivity contribution >= 4 is 11.8 Å². The lowest BCUT2D eigenvalue weighted by Crippen LogP contribution is -2.37. The lowest BCUT2D eigenvalue weighted by molar-refractivity contribution is -0.152. The van der Waals surface area contributed by atoms with Gasteiger partial charge in [0.05, 0.1) is 0 Å². The van der Waals surface area contributed by atoms with E-state index in [1.807, 2.05) is 43.3 Å². The number of rotatable bonds is 13. The molecule has 8 nitrogen and oxygen atoms in total. The minimum absolute atomic E-state index is 0.0974. The number of hydrogen-bond donors (Lipinski definition) is 1. The molecule has 1 aliphatic rings. The second-order valence-electron chi connectivity index (χ2n) is 12.7. The van der Waals surface area contributed by atoms with Gasteiger partial charge in [0, 0.05) is 48.2 Å². The molecule has 0 aliphatic heterocycles. The summed E-state index contributed by atoms with van der Waals surface area (Å²) in [7, 11) is 0. The number of carbonyl (C=O) groups is 1. The van der Waals surface area contributed by atoms with Crippen LogP contribution in [-0.2, 0) is 23.7 Å². The zero-order valence-corrected chi connectivity index (χ0v) is 26.8. The molecule has 1 aliphatic carbocycles. The number of halogens is 2. The normalized spacial score (nSPS) is 13.5. The maximum absolute atomic E-state index is 14.1. The van der Waals surface area contributed by atoms with Gasteiger partial charge in [-0.05, 0) is 69.4 Å². The lowest BCUT2D eigenvalue weighted by Gasteiger charge is -2.24. The van der Waals surface area contributed by atoms with E-state index < -0.39 is 17.5 Å². The highest BCUT2D eigenvalue weighted by atomic mass is 19.3. The SMILES string of the molecule is Cc1c(N(CCc2ccc(OC(C)(C)C(=O)O)cc2)Cc2ccc(-c3coc(C4CC4)n3)cc2)noc1-c1cccc(C(C)(F)F)c1. The Hall–Kier alpha value is -4.99. The van der Waals surface area contributed by atoms with Crippen molar-refractivity contribution in [1.82, 2.24) is 10.1 Å². The van der Waals surface area contributed by atoms with Gasteiger partial charge in [-0.3, -0.25) is 0 Å². The number of aromatic nitrogens is 2. The van der Waals surface area contributed by atoms with Gasteiger partial charge in [0.1, 0.15) is 17.7 Å². The van der Waals surface area contributed by atoms with Crippen LogP contribution in [0, 0.1) is 6.92 Å². The van der Waals surface area contributed by atoms with Crippen LogP contribution in [0.15, 0.2) is 88.0 Å². The summed E-state index contributed by atoms with van der Waals surface area (Å²) in [4.78, 5) is 18.2. The summed E-state index contributed by atoms with van der Waals surface area (Å²) in [5.41, 5.74) is 3.66. The number of carboxylic acid groups (broad SMARTS) is 1. The number of aliphatic carboxylic acids is 1. The monoisotopic (exact) mass is 641 g/mol. The van der Waals surface area contributed by atoms with Crippen LogP contribution in [0.1, 0.15) is 67.7 Å². The van der Waals surface area contributed by atoms with E-state index in [2.05, 4.69) is 15.0 Å². The standard InChI is InChI=1S/C37H37F2N3O5/c1-23-32(28-6-5-7-29(20-28)37(4,38)39)47-41-33(23)42(19-18-24-10-16-30(17-11-24)46-36(2,3)35(43)44)21-25-8-12-26(13-9-25)31-22-45-34(40-31)27-14-15-27/h5-13,16-17,20,22,27H,14-15,18-19,21H2,1-4H3,(H,43,44). The highest BCUT2D eigenvalue weighted by Gasteiger charge is 2.30. The molecule has 0 radical (unpaired) electrons. The molecular formula is C37H37F2N3O5. The summed E-state index contributed by atoms with van der Waals surface area (Å²) in [5, 5.41) is 13.8. The highest BCUT2D eigenvalue weighted by molar-refractivity contribution is 5.76. The fourth-order valence-corrected chi connectivity index (χ4v) is 5.35. The predicted octanol–water partition coefficient (Wildman–Crippen LogP) is 8.79. The first-order valence-electron chi connectivity index (χ1n) is 15.6. The Kier molecular flexibility index (Phi) is 8.61. The Labute approximate surface area is 272 Å². The summed E-state index contributed by atoms with van der Waals surface area (Å²) < 4.78 is 45.3. The van der Waals surface area contributed by atoms with Gasteiger partial charge >= 0.3 is 5.97 Å². The molecule has 6 rings (SSSR count). The van der Waals surface area contributed by atoms with Crippen LogP contribution >= 0.6 is 0 Å². The predicted molar refractivity (Wildman–Crippen MR) is 174 cm³/mol. The molecule has 3 aromatic carbocycles. The van der Waals surface area contributed by atoms with E-state index in [-0.39, 0.29) is 5.56 Å². The number of ether oxygens (including phenoxy) is 1. The number of benzene rings is 3. The van der Waals surface area contributed by atoms with Gasteiger partial charge in [-0.1, -0.05) is 59.8 Å². The molecular weight excluding hydrogens is 604 g/mol. The minimum Gasteiger partial charge on any atom is -0.478 e. The molecule has 2 aromatic heterocycles. The van der Waals surface area contributed by atoms with Crippen molar-refractivity contribution in [3.63, 3.8) is 0 Å². The molecule has 0 spiro atoms. The van der Waals surface area contributed by atoms with Crippen LogP contribution < -0.4 is 9.64 Å². The van der Waals surface area contributed by atoms with Crippen molar-refractivity contribution < 1.29 is 32.4 Å². The third-order valence-corrected chi connectivity index (χ3v) is 8.38. The molecule has 0 saturated heterocycles. The topological polar surface area (TPSA) is 102 Å². The second-order valence-corrected chi connectivity index (χ2v) is 12.7. The van der Waals surface area contributed by atoms with Crippen molar-refractivity contribution in [2.24, 2.45) is 0 Å². The molecule has 0 amide bonds. The molecule has 2 heterocycles. The van der Waals surface area contributed by atoms with E-state index in [1.165, 1.54) is 26.0 Å². The van der Waals surface area contributed by atoms with Crippen molar-refractivity contribution in [1.29, 1.82) is 0 Å². The molecule has 1 fully saturated rings. The van der Waals surface area contributed by atoms with E-state index in [1.54, 1.807) is 30.5 Å². The first kappa shape index (κ1) is 32.0. The molecule has 0 bridgehead atoms. The summed E-state index contributed by atoms with van der Waals surface area (Å²) in [6, 6.07) is 21.7. The Morgan fingerprint density at radius 2 is 1.70 bits per heavy atom. The first-order chi connectivity index (χ1) is 22.4. The van der Waals surface area contributed by atoms with Crippen molar-refractivity contribution in [2.75, 3.05) is 11.4 Å². The van der Waals surface area contributed by atoms with Gasteiger partial charge in [0.15, 0.2) is 23.1 Å². The van der Waals surface area contributed by atoms with E-state index in [4.69, 9.17) is 13.7 Å². The van der Waals surface area contributed by atoms with Crippen molar-refractivity contribution in [2.45, 2.75) is 70.9 Å². The van der Waals surface area contributed by atoms with E-state index in [0.29, 0.717) is 48.3 Å². The molecule has 5 aromatic rings. The number of hydrogen-bond acceptors (Lipinski definition) is 7. The fraction of sp³-hybridized carbons (Fsp3) is 0.324. The van der Waals surface area contributed by atoms with Gasteiger partial charge in [-0.25, -0.2) is 18.6 Å². The van der Waals surface area contributed by atoms with Crippen molar-refractivity contribution in [3.05, 3.63) is 107 Å². The zero-order valence-electron chi connectivity index (χ0n) is 26.8. The number of anilines is 1. The largest absolute Gasteiger partial charge is 0.478 e. The Bertz CT molecular complexity index is 1850. The van der Waals surface area contributed by atoms with Crippen LogP contribution in [0.25, 0.3) is 22.6 Å². The maximum Gasteiger partial charge on any atom is 0.347 e. The van der Waals surface area contributed by atoms with E-state index in [9.17, 15) is 18.7 Å². The minimum atomic E-state index is -2.99. The summed E-state index contributed by atoms with van der Waals surface area (Å²) in [6.45, 7) is 6.84. The maximum atomic E-state index is 14.1. The van der Waals surface area contributed by atoms with Crippen LogP contribution in [-0.4, -0.2) is 33.4 Å². The van der Waals surface area contributed by atoms with Crippen LogP contribution in [0.3, 0.4) is 0 Å². The molecule has 244 valence electrons. The smallest absolute Gasteiger partial charge is 0.347 e. The number of nitrogens with zero attached hydrogens (tertiary/aromatic N) is 3. The lowest BCUT2D eigenvalue weighted by atomic mass is 10.0. The Morgan fingerprint density at radius 1 is 1.00 bits per heavy atom. The quantitative estimate of drug-likeness (QED) is 0.136. The number of oxazole rings is 1. The van der Waals surface area contributed by atoms with Crippen LogP contribution in [0.5, 0.6) is 5.75 Å². The number of alkyl halides is 2. The van der Waals surface area contributed by atoms with Crippen LogP contribution in [0.4, 0.5) is 14.6 Å². The summed E-state index contributed by atoms with van der Waals surface area (Å²) in [5.74, 6) is -1.28. The van der Waals surface area contributed by atoms with Crippen molar-refractivity contribution in [3.8, 4) is 28.3 Å². The average molecular weight is 642 g/mol. The molecule has 1 saturated carbocycles. The summed E-state index contributed by atoms with van der Waals surface area (Å²) >= 11 is 0. The second kappa shape index (κ2) is 12.7. The average Bonchev–Trinajstić information content (AvgIpc) is 3.64. The van der Waals surface area contributed by atoms with Gasteiger partial charge in [-0.2, -0.15) is 0 Å². The van der Waals surface area contributed by atoms with Gasteiger partial charge < -0.3 is 23.7 Å². The molecule has 10 heteroatoms. The molecule has 1 N–H and O–H groups in total. The van der Waals surface area contributed by atoms with E-state index in [0.717, 1.165) is 53.6 Å². The van der Waals surface area contributed by atoms with Gasteiger partial charge in [-0.15, -0.1) is 0 Å². The molecule has 0 atom stereocenters. The van der Waals surface area contributed by atoms with Gasteiger partial charge in [0.25, 0.3) is 5.92 Å². The Morgan fingerprint density at radius 3 is 2.36 bits per heavy atom. The zero-order chi connectivity index (χ0) is 33.3. The summed E-state index contributed by atoms with van der Waals surface area (Å²) in [6.07, 6.45) is 4.59. The van der Waals surface area contributed by atoms with Crippen LogP contribution in [0.2, 0.25) is 0 Å². The first-order valence-corrected chi connectivity index (χ1v) is 15.6. The highest BCUT2D eigenvalue weighted by Crippen LogP contribution is 2.40. The van der Waals surface area contributed by atoms with Gasteiger partial charge in [0.2, 0.25) is 0 Å².